The van der Waals surface area contributed by atoms with Gasteiger partial charge >= 0.3 is 5.69 Å². The van der Waals surface area contributed by atoms with Gasteiger partial charge in [0.1, 0.15) is 5.82 Å². The molecule has 0 unspecified atom stereocenters. The van der Waals surface area contributed by atoms with Gasteiger partial charge in [0.2, 0.25) is 0 Å². The normalized spacial score (nSPS) is 11.2. The molecular formula is C27H29N9O2. The van der Waals surface area contributed by atoms with Crippen LogP contribution >= 0.6 is 0 Å². The molecule has 0 radical (unpaired) electrons. The molecule has 0 spiro atoms. The van der Waals surface area contributed by atoms with E-state index in [0.717, 1.165) is 47.3 Å². The number of hydrogen-bond acceptors (Lipinski definition) is 7. The molecule has 0 saturated carbocycles. The Kier molecular flexibility index (Phi) is 7.07. The highest BCUT2D eigenvalue weighted by Gasteiger charge is 2.21. The minimum absolute atomic E-state index is 0.131. The maximum atomic E-state index is 13.7. The van der Waals surface area contributed by atoms with Crippen LogP contribution in [0.25, 0.3) is 28.3 Å². The summed E-state index contributed by atoms with van der Waals surface area (Å²) in [6.45, 7) is 6.39. The second kappa shape index (κ2) is 10.8. The van der Waals surface area contributed by atoms with Crippen LogP contribution in [0.2, 0.25) is 0 Å². The summed E-state index contributed by atoms with van der Waals surface area (Å²) in [7, 11) is 0. The van der Waals surface area contributed by atoms with Crippen LogP contribution in [0.5, 0.6) is 0 Å². The molecule has 4 aromatic heterocycles. The zero-order chi connectivity index (χ0) is 26.6. The highest BCUT2D eigenvalue weighted by Crippen LogP contribution is 2.29. The number of benzene rings is 1. The molecule has 11 nitrogen and oxygen atoms in total. The van der Waals surface area contributed by atoms with E-state index < -0.39 is 0 Å². The minimum Gasteiger partial charge on any atom is -0.294 e. The van der Waals surface area contributed by atoms with Gasteiger partial charge in [0.05, 0.1) is 24.0 Å². The predicted octanol–water partition coefficient (Wildman–Crippen LogP) is 3.69. The number of pyridine rings is 1. The summed E-state index contributed by atoms with van der Waals surface area (Å²) >= 11 is 0. The summed E-state index contributed by atoms with van der Waals surface area (Å²) in [5.41, 5.74) is 4.58. The van der Waals surface area contributed by atoms with E-state index in [1.165, 1.54) is 13.1 Å². The van der Waals surface area contributed by atoms with Crippen molar-refractivity contribution in [3.05, 3.63) is 82.4 Å². The number of nitrogens with zero attached hydrogens (tertiary/aromatic N) is 8. The van der Waals surface area contributed by atoms with E-state index in [1.54, 1.807) is 20.0 Å². The molecular weight excluding hydrogens is 482 g/mol. The number of nitrogens with one attached hydrogen (secondary N) is 1. The molecule has 0 aliphatic rings. The smallest absolute Gasteiger partial charge is 0.294 e. The Bertz CT molecular complexity index is 1610. The highest BCUT2D eigenvalue weighted by molar-refractivity contribution is 5.96. The molecule has 0 bridgehead atoms. The molecule has 4 heterocycles. The number of imidazole rings is 1. The third kappa shape index (κ3) is 4.70. The monoisotopic (exact) mass is 511 g/mol. The first kappa shape index (κ1) is 25.0. The number of carbonyl (C=O) groups is 1. The van der Waals surface area contributed by atoms with Gasteiger partial charge < -0.3 is 0 Å². The molecule has 1 N–H and O–H groups in total. The second-order valence-electron chi connectivity index (χ2n) is 9.05. The SMILES string of the molecule is CCCCc1cn(-c2c(C(C)=O)cnn2CC)c(=O)n1Cc1ccc(-c2ccccc2-c2nnn[nH]2)cn1. The summed E-state index contributed by atoms with van der Waals surface area (Å²) in [5.74, 6) is 0.950. The van der Waals surface area contributed by atoms with E-state index >= 15 is 0 Å². The molecule has 0 fully saturated rings. The number of aromatic amines is 1. The molecule has 0 amide bonds. The third-order valence-corrected chi connectivity index (χ3v) is 6.55. The Morgan fingerprint density at radius 1 is 1.05 bits per heavy atom. The molecule has 1 aromatic carbocycles. The van der Waals surface area contributed by atoms with Crippen molar-refractivity contribution >= 4 is 5.78 Å². The number of Topliss-reactive ketones (excluding diaryl/α,β-unsaturated/α-hetero) is 1. The van der Waals surface area contributed by atoms with Crippen molar-refractivity contribution in [1.29, 1.82) is 0 Å². The van der Waals surface area contributed by atoms with Gasteiger partial charge in [-0.2, -0.15) is 5.10 Å². The number of tetrazole rings is 1. The van der Waals surface area contributed by atoms with Crippen LogP contribution in [-0.2, 0) is 19.5 Å². The summed E-state index contributed by atoms with van der Waals surface area (Å²) in [6.07, 6.45) is 7.85. The average molecular weight is 512 g/mol. The van der Waals surface area contributed by atoms with Crippen molar-refractivity contribution in [3.8, 4) is 28.3 Å². The van der Waals surface area contributed by atoms with Crippen LogP contribution in [-0.4, -0.2) is 50.3 Å². The van der Waals surface area contributed by atoms with Gasteiger partial charge in [-0.1, -0.05) is 43.7 Å². The van der Waals surface area contributed by atoms with E-state index in [9.17, 15) is 9.59 Å². The molecule has 0 aliphatic heterocycles. The van der Waals surface area contributed by atoms with E-state index in [2.05, 4.69) is 37.6 Å². The highest BCUT2D eigenvalue weighted by atomic mass is 16.2. The fourth-order valence-corrected chi connectivity index (χ4v) is 4.57. The van der Waals surface area contributed by atoms with Gasteiger partial charge in [0.25, 0.3) is 0 Å². The Hall–Kier alpha value is -4.67. The third-order valence-electron chi connectivity index (χ3n) is 6.55. The average Bonchev–Trinajstić information content (AvgIpc) is 3.68. The second-order valence-corrected chi connectivity index (χ2v) is 9.05. The van der Waals surface area contributed by atoms with Crippen LogP contribution in [0.1, 0.15) is 55.4 Å². The number of H-pyrrole nitrogens is 1. The molecule has 0 aliphatic carbocycles. The van der Waals surface area contributed by atoms with Gasteiger partial charge in [-0.05, 0) is 48.7 Å². The lowest BCUT2D eigenvalue weighted by molar-refractivity contribution is 0.101. The van der Waals surface area contributed by atoms with Crippen molar-refractivity contribution in [1.82, 2.24) is 44.5 Å². The predicted molar refractivity (Wildman–Crippen MR) is 142 cm³/mol. The van der Waals surface area contributed by atoms with E-state index in [4.69, 9.17) is 0 Å². The Morgan fingerprint density at radius 2 is 1.87 bits per heavy atom. The number of unbranched alkanes of at least 4 members (excludes halogenated alkanes) is 1. The summed E-state index contributed by atoms with van der Waals surface area (Å²) in [5, 5.41) is 18.5. The fourth-order valence-electron chi connectivity index (χ4n) is 4.57. The maximum absolute atomic E-state index is 13.7. The largest absolute Gasteiger partial charge is 0.334 e. The first-order valence-electron chi connectivity index (χ1n) is 12.7. The topological polar surface area (TPSA) is 129 Å². The number of ketones is 1. The Balaban J connectivity index is 1.51. The zero-order valence-corrected chi connectivity index (χ0v) is 21.6. The number of aryl methyl sites for hydroxylation is 2. The molecule has 0 atom stereocenters. The van der Waals surface area contributed by atoms with Crippen molar-refractivity contribution in [2.75, 3.05) is 0 Å². The van der Waals surface area contributed by atoms with Crippen LogP contribution in [0.3, 0.4) is 0 Å². The Morgan fingerprint density at radius 3 is 2.53 bits per heavy atom. The Labute approximate surface area is 219 Å². The van der Waals surface area contributed by atoms with E-state index in [1.807, 2.05) is 49.5 Å². The fraction of sp³-hybridized carbons (Fsp3) is 0.296. The standard InChI is InChI=1S/C27H29N9O2/c1-4-6-9-21-17-35(26-24(18(3)37)15-29-36(26)5-2)27(38)34(21)16-20-13-12-19(14-28-20)22-10-7-8-11-23(22)25-30-32-33-31-25/h7-8,10-15,17H,4-6,9,16H2,1-3H3,(H,30,31,32,33). The molecule has 38 heavy (non-hydrogen) atoms. The molecule has 11 heteroatoms. The van der Waals surface area contributed by atoms with E-state index in [-0.39, 0.29) is 11.5 Å². The zero-order valence-electron chi connectivity index (χ0n) is 21.6. The lowest BCUT2D eigenvalue weighted by atomic mass is 10.0. The van der Waals surface area contributed by atoms with Crippen molar-refractivity contribution < 1.29 is 4.79 Å². The number of aromatic nitrogens is 9. The van der Waals surface area contributed by atoms with Crippen LogP contribution in [0.15, 0.2) is 59.8 Å². The molecule has 5 rings (SSSR count). The van der Waals surface area contributed by atoms with Gasteiger partial charge in [-0.15, -0.1) is 5.10 Å². The quantitative estimate of drug-likeness (QED) is 0.283. The maximum Gasteiger partial charge on any atom is 0.334 e. The number of rotatable bonds is 10. The number of hydrogen-bond donors (Lipinski definition) is 1. The van der Waals surface area contributed by atoms with Crippen LogP contribution in [0, 0.1) is 0 Å². The first-order chi connectivity index (χ1) is 18.5. The summed E-state index contributed by atoms with van der Waals surface area (Å²) in [4.78, 5) is 30.7. The van der Waals surface area contributed by atoms with Crippen molar-refractivity contribution in [2.24, 2.45) is 0 Å². The van der Waals surface area contributed by atoms with Gasteiger partial charge in [0, 0.05) is 35.8 Å². The van der Waals surface area contributed by atoms with Crippen LogP contribution < -0.4 is 5.69 Å². The van der Waals surface area contributed by atoms with Gasteiger partial charge in [0.15, 0.2) is 11.6 Å². The lowest BCUT2D eigenvalue weighted by Gasteiger charge is -2.09. The van der Waals surface area contributed by atoms with Crippen molar-refractivity contribution in [3.63, 3.8) is 0 Å². The molecule has 194 valence electrons. The van der Waals surface area contributed by atoms with Crippen molar-refractivity contribution in [2.45, 2.75) is 53.1 Å². The lowest BCUT2D eigenvalue weighted by Crippen LogP contribution is -2.27. The first-order valence-corrected chi connectivity index (χ1v) is 12.7. The molecule has 0 saturated heterocycles. The minimum atomic E-state index is -0.220. The van der Waals surface area contributed by atoms with Gasteiger partial charge in [-0.25, -0.2) is 14.6 Å². The summed E-state index contributed by atoms with van der Waals surface area (Å²) in [6, 6.07) is 11.7. The molecule has 5 aromatic rings. The summed E-state index contributed by atoms with van der Waals surface area (Å²) < 4.78 is 4.97. The van der Waals surface area contributed by atoms with E-state index in [0.29, 0.717) is 30.3 Å². The van der Waals surface area contributed by atoms with Crippen LogP contribution in [0.4, 0.5) is 0 Å². The van der Waals surface area contributed by atoms with Gasteiger partial charge in [-0.3, -0.25) is 18.9 Å². The number of carbonyl (C=O) groups excluding carboxylic acids is 1.